The Kier molecular flexibility index (Phi) is 7.03. The number of aryl methyl sites for hydroxylation is 1. The van der Waals surface area contributed by atoms with Crippen LogP contribution in [0.5, 0.6) is 6.01 Å². The summed E-state index contributed by atoms with van der Waals surface area (Å²) in [5.74, 6) is 2.88. The van der Waals surface area contributed by atoms with E-state index in [0.29, 0.717) is 25.7 Å². The van der Waals surface area contributed by atoms with Crippen molar-refractivity contribution in [2.24, 2.45) is 11.8 Å². The summed E-state index contributed by atoms with van der Waals surface area (Å²) in [4.78, 5) is 31.4. The van der Waals surface area contributed by atoms with E-state index in [2.05, 4.69) is 64.6 Å². The van der Waals surface area contributed by atoms with Crippen LogP contribution < -0.4 is 14.5 Å². The van der Waals surface area contributed by atoms with Gasteiger partial charge in [-0.15, -0.1) is 0 Å². The van der Waals surface area contributed by atoms with Crippen molar-refractivity contribution in [3.63, 3.8) is 0 Å². The smallest absolute Gasteiger partial charge is 0.318 e. The van der Waals surface area contributed by atoms with E-state index in [1.165, 1.54) is 53.2 Å². The van der Waals surface area contributed by atoms with Gasteiger partial charge in [0.1, 0.15) is 5.82 Å². The number of carbonyl (C=O) groups excluding carboxylic acids is 1. The standard InChI is InChI=1S/C33H40N6O2/c1-3-31(40)37-12-14-38(15-13-37)32-28-9-11-39(30-18-23(2)17-24-7-4-5-8-27(24)30)22-29(28)34-33(35-32)41-16-6-10-36-20-25-19-26(25)21-36/h3-5,7-8,17-18,25-26H,1,6,9-16,19-22H2,2H3. The van der Waals surface area contributed by atoms with Crippen LogP contribution in [0.3, 0.4) is 0 Å². The van der Waals surface area contributed by atoms with Crippen molar-refractivity contribution in [3.05, 3.63) is 65.9 Å². The molecule has 0 radical (unpaired) electrons. The zero-order chi connectivity index (χ0) is 27.9. The first-order chi connectivity index (χ1) is 20.1. The lowest BCUT2D eigenvalue weighted by Gasteiger charge is -2.38. The summed E-state index contributed by atoms with van der Waals surface area (Å²) in [6.07, 6.45) is 4.70. The molecule has 3 fully saturated rings. The number of carbonyl (C=O) groups is 1. The molecule has 8 nitrogen and oxygen atoms in total. The van der Waals surface area contributed by atoms with Crippen LogP contribution in [0.15, 0.2) is 49.1 Å². The fraction of sp³-hybridized carbons (Fsp3) is 0.485. The number of anilines is 2. The van der Waals surface area contributed by atoms with Crippen molar-refractivity contribution in [2.45, 2.75) is 32.7 Å². The average molecular weight is 553 g/mol. The summed E-state index contributed by atoms with van der Waals surface area (Å²) in [5, 5.41) is 2.54. The van der Waals surface area contributed by atoms with Crippen LogP contribution in [0.2, 0.25) is 0 Å². The van der Waals surface area contributed by atoms with Crippen LogP contribution in [-0.4, -0.2) is 84.6 Å². The summed E-state index contributed by atoms with van der Waals surface area (Å²) < 4.78 is 6.24. The van der Waals surface area contributed by atoms with Gasteiger partial charge in [0.2, 0.25) is 5.91 Å². The number of rotatable bonds is 8. The first kappa shape index (κ1) is 26.3. The van der Waals surface area contributed by atoms with E-state index < -0.39 is 0 Å². The lowest BCUT2D eigenvalue weighted by Crippen LogP contribution is -2.49. The number of benzene rings is 2. The highest BCUT2D eigenvalue weighted by Crippen LogP contribution is 2.44. The number of piperazine rings is 1. The van der Waals surface area contributed by atoms with Gasteiger partial charge in [0, 0.05) is 69.0 Å². The quantitative estimate of drug-likeness (QED) is 0.309. The largest absolute Gasteiger partial charge is 0.463 e. The van der Waals surface area contributed by atoms with Crippen molar-refractivity contribution in [3.8, 4) is 6.01 Å². The number of fused-ring (bicyclic) bond motifs is 3. The third kappa shape index (κ3) is 5.37. The molecule has 0 bridgehead atoms. The van der Waals surface area contributed by atoms with Crippen molar-refractivity contribution >= 4 is 28.2 Å². The minimum Gasteiger partial charge on any atom is -0.463 e. The third-order valence-corrected chi connectivity index (χ3v) is 9.32. The summed E-state index contributed by atoms with van der Waals surface area (Å²) >= 11 is 0. The van der Waals surface area contributed by atoms with Gasteiger partial charge < -0.3 is 24.3 Å². The summed E-state index contributed by atoms with van der Waals surface area (Å²) in [6.45, 7) is 14.5. The Morgan fingerprint density at radius 2 is 1.85 bits per heavy atom. The van der Waals surface area contributed by atoms with Crippen LogP contribution >= 0.6 is 0 Å². The molecule has 4 heterocycles. The second-order valence-corrected chi connectivity index (χ2v) is 12.2. The SMILES string of the molecule is C=CC(=O)N1CCN(c2nc(OCCCN3CC4CC4C3)nc3c2CCN(c2cc(C)cc4ccccc24)C3)CC1. The van der Waals surface area contributed by atoms with Crippen LogP contribution in [-0.2, 0) is 17.8 Å². The zero-order valence-electron chi connectivity index (χ0n) is 24.1. The maximum absolute atomic E-state index is 12.2. The monoisotopic (exact) mass is 552 g/mol. The number of piperidine rings is 1. The Hall–Kier alpha value is -3.65. The second-order valence-electron chi connectivity index (χ2n) is 12.2. The molecule has 7 rings (SSSR count). The van der Waals surface area contributed by atoms with Crippen molar-refractivity contribution in [2.75, 3.05) is 68.8 Å². The lowest BCUT2D eigenvalue weighted by atomic mass is 10.0. The molecule has 2 unspecified atom stereocenters. The summed E-state index contributed by atoms with van der Waals surface area (Å²) in [6, 6.07) is 13.7. The van der Waals surface area contributed by atoms with Gasteiger partial charge in [-0.3, -0.25) is 4.79 Å². The van der Waals surface area contributed by atoms with Crippen molar-refractivity contribution in [1.82, 2.24) is 19.8 Å². The third-order valence-electron chi connectivity index (χ3n) is 9.32. The van der Waals surface area contributed by atoms with Crippen LogP contribution in [0.1, 0.15) is 29.7 Å². The van der Waals surface area contributed by atoms with Crippen LogP contribution in [0, 0.1) is 18.8 Å². The molecule has 4 aliphatic rings. The van der Waals surface area contributed by atoms with Gasteiger partial charge in [-0.25, -0.2) is 0 Å². The fourth-order valence-corrected chi connectivity index (χ4v) is 7.02. The molecule has 3 aliphatic heterocycles. The average Bonchev–Trinajstić information content (AvgIpc) is 3.62. The van der Waals surface area contributed by atoms with Crippen molar-refractivity contribution < 1.29 is 9.53 Å². The number of aromatic nitrogens is 2. The Labute approximate surface area is 242 Å². The van der Waals surface area contributed by atoms with Gasteiger partial charge in [0.05, 0.1) is 18.8 Å². The molecule has 41 heavy (non-hydrogen) atoms. The molecule has 1 aromatic heterocycles. The normalized spacial score (nSPS) is 22.0. The predicted octanol–water partition coefficient (Wildman–Crippen LogP) is 4.06. The topological polar surface area (TPSA) is 65.0 Å². The number of ether oxygens (including phenoxy) is 1. The van der Waals surface area contributed by atoms with E-state index >= 15 is 0 Å². The highest BCUT2D eigenvalue weighted by Gasteiger charge is 2.44. The number of hydrogen-bond donors (Lipinski definition) is 0. The highest BCUT2D eigenvalue weighted by atomic mass is 16.5. The predicted molar refractivity (Wildman–Crippen MR) is 163 cm³/mol. The summed E-state index contributed by atoms with van der Waals surface area (Å²) in [7, 11) is 0. The number of hydrogen-bond acceptors (Lipinski definition) is 7. The molecular formula is C33H40N6O2. The van der Waals surface area contributed by atoms with E-state index in [4.69, 9.17) is 14.7 Å². The molecule has 1 amide bonds. The molecule has 0 spiro atoms. The molecule has 2 saturated heterocycles. The van der Waals surface area contributed by atoms with E-state index in [-0.39, 0.29) is 5.91 Å². The Bertz CT molecular complexity index is 1460. The van der Waals surface area contributed by atoms with E-state index in [1.807, 2.05) is 4.90 Å². The first-order valence-electron chi connectivity index (χ1n) is 15.2. The Balaban J connectivity index is 1.13. The van der Waals surface area contributed by atoms with Crippen LogP contribution in [0.25, 0.3) is 10.8 Å². The Morgan fingerprint density at radius 1 is 1.05 bits per heavy atom. The molecular weight excluding hydrogens is 512 g/mol. The molecule has 3 aromatic rings. The number of amides is 1. The van der Waals surface area contributed by atoms with E-state index in [9.17, 15) is 4.79 Å². The molecule has 1 saturated carbocycles. The fourth-order valence-electron chi connectivity index (χ4n) is 7.02. The molecule has 0 N–H and O–H groups in total. The lowest BCUT2D eigenvalue weighted by molar-refractivity contribution is -0.126. The Morgan fingerprint density at radius 3 is 2.66 bits per heavy atom. The highest BCUT2D eigenvalue weighted by molar-refractivity contribution is 5.95. The van der Waals surface area contributed by atoms with E-state index in [0.717, 1.165) is 68.9 Å². The van der Waals surface area contributed by atoms with Gasteiger partial charge in [-0.1, -0.05) is 36.9 Å². The summed E-state index contributed by atoms with van der Waals surface area (Å²) in [5.41, 5.74) is 4.78. The molecule has 2 atom stereocenters. The molecule has 8 heteroatoms. The van der Waals surface area contributed by atoms with Crippen molar-refractivity contribution in [1.29, 1.82) is 0 Å². The van der Waals surface area contributed by atoms with Gasteiger partial charge >= 0.3 is 6.01 Å². The van der Waals surface area contributed by atoms with Gasteiger partial charge in [0.15, 0.2) is 0 Å². The van der Waals surface area contributed by atoms with Crippen LogP contribution in [0.4, 0.5) is 11.5 Å². The molecule has 2 aromatic carbocycles. The number of likely N-dealkylation sites (tertiary alicyclic amines) is 1. The van der Waals surface area contributed by atoms with Gasteiger partial charge in [-0.2, -0.15) is 9.97 Å². The first-order valence-corrected chi connectivity index (χ1v) is 15.2. The van der Waals surface area contributed by atoms with Gasteiger partial charge in [0.25, 0.3) is 0 Å². The molecule has 1 aliphatic carbocycles. The van der Waals surface area contributed by atoms with Gasteiger partial charge in [-0.05, 0) is 61.1 Å². The minimum atomic E-state index is -0.00489. The second kappa shape index (κ2) is 11.0. The maximum Gasteiger partial charge on any atom is 0.318 e. The maximum atomic E-state index is 12.2. The zero-order valence-corrected chi connectivity index (χ0v) is 24.1. The van der Waals surface area contributed by atoms with E-state index in [1.54, 1.807) is 0 Å². The number of nitrogens with zero attached hydrogens (tertiary/aromatic N) is 6. The molecule has 214 valence electrons. The minimum absolute atomic E-state index is 0.00489.